The van der Waals surface area contributed by atoms with Gasteiger partial charge in [-0.1, -0.05) is 27.7 Å². The Kier molecular flexibility index (Phi) is 8.29. The van der Waals surface area contributed by atoms with Crippen molar-refractivity contribution in [2.75, 3.05) is 0 Å². The van der Waals surface area contributed by atoms with Crippen LogP contribution in [0.5, 0.6) is 0 Å². The quantitative estimate of drug-likeness (QED) is 0.518. The average molecular weight is 289 g/mol. The SMILES string of the molecule is CC(C)C[C@H](N)C(=O)NC(=O)C(S)[C@@H](N)CC(C)C. The fourth-order valence-electron chi connectivity index (χ4n) is 1.77. The maximum Gasteiger partial charge on any atom is 0.243 e. The van der Waals surface area contributed by atoms with E-state index >= 15 is 0 Å². The summed E-state index contributed by atoms with van der Waals surface area (Å²) in [7, 11) is 0. The van der Waals surface area contributed by atoms with Crippen molar-refractivity contribution >= 4 is 24.4 Å². The zero-order valence-electron chi connectivity index (χ0n) is 12.2. The topological polar surface area (TPSA) is 98.2 Å². The molecule has 2 amide bonds. The molecule has 1 unspecified atom stereocenters. The number of carbonyl (C=O) groups is 2. The van der Waals surface area contributed by atoms with Gasteiger partial charge in [-0.2, -0.15) is 12.6 Å². The van der Waals surface area contributed by atoms with Crippen LogP contribution in [0.1, 0.15) is 40.5 Å². The number of nitrogens with two attached hydrogens (primary N) is 2. The normalized spacial score (nSPS) is 16.3. The molecule has 5 N–H and O–H groups in total. The summed E-state index contributed by atoms with van der Waals surface area (Å²) in [6.45, 7) is 7.97. The van der Waals surface area contributed by atoms with Gasteiger partial charge in [0.25, 0.3) is 0 Å². The number of amides is 2. The Bertz CT molecular complexity index is 308. The van der Waals surface area contributed by atoms with Gasteiger partial charge in [-0.3, -0.25) is 14.9 Å². The van der Waals surface area contributed by atoms with E-state index < -0.39 is 23.1 Å². The molecule has 112 valence electrons. The first-order valence-corrected chi connectivity index (χ1v) is 7.20. The van der Waals surface area contributed by atoms with Crippen LogP contribution in [-0.4, -0.2) is 29.1 Å². The highest BCUT2D eigenvalue weighted by atomic mass is 32.1. The first-order chi connectivity index (χ1) is 8.65. The lowest BCUT2D eigenvalue weighted by Gasteiger charge is -2.21. The molecule has 19 heavy (non-hydrogen) atoms. The Morgan fingerprint density at radius 3 is 1.89 bits per heavy atom. The summed E-state index contributed by atoms with van der Waals surface area (Å²) in [6.07, 6.45) is 1.21. The van der Waals surface area contributed by atoms with Gasteiger partial charge in [0.15, 0.2) is 0 Å². The van der Waals surface area contributed by atoms with Crippen LogP contribution in [0.25, 0.3) is 0 Å². The summed E-state index contributed by atoms with van der Waals surface area (Å²) in [5.41, 5.74) is 11.6. The minimum Gasteiger partial charge on any atom is -0.326 e. The molecule has 0 aliphatic rings. The van der Waals surface area contributed by atoms with E-state index in [0.29, 0.717) is 24.7 Å². The molecule has 0 radical (unpaired) electrons. The van der Waals surface area contributed by atoms with Crippen molar-refractivity contribution in [2.45, 2.75) is 57.9 Å². The number of hydrogen-bond acceptors (Lipinski definition) is 5. The number of carbonyl (C=O) groups excluding carboxylic acids is 2. The Morgan fingerprint density at radius 2 is 1.47 bits per heavy atom. The van der Waals surface area contributed by atoms with Gasteiger partial charge in [0.2, 0.25) is 11.8 Å². The molecule has 0 aromatic carbocycles. The first-order valence-electron chi connectivity index (χ1n) is 6.69. The van der Waals surface area contributed by atoms with Crippen LogP contribution in [0.3, 0.4) is 0 Å². The summed E-state index contributed by atoms with van der Waals surface area (Å²) in [6, 6.07) is -1.05. The lowest BCUT2D eigenvalue weighted by Crippen LogP contribution is -2.50. The molecular formula is C13H27N3O2S. The van der Waals surface area contributed by atoms with E-state index in [-0.39, 0.29) is 6.04 Å². The lowest BCUT2D eigenvalue weighted by molar-refractivity contribution is -0.131. The predicted molar refractivity (Wildman–Crippen MR) is 80.8 cm³/mol. The van der Waals surface area contributed by atoms with E-state index in [9.17, 15) is 9.59 Å². The van der Waals surface area contributed by atoms with E-state index in [0.717, 1.165) is 0 Å². The van der Waals surface area contributed by atoms with Crippen molar-refractivity contribution in [2.24, 2.45) is 23.3 Å². The molecule has 0 spiro atoms. The van der Waals surface area contributed by atoms with Crippen molar-refractivity contribution < 1.29 is 9.59 Å². The first kappa shape index (κ1) is 18.4. The van der Waals surface area contributed by atoms with Crippen LogP contribution in [0.2, 0.25) is 0 Å². The monoisotopic (exact) mass is 289 g/mol. The zero-order chi connectivity index (χ0) is 15.2. The van der Waals surface area contributed by atoms with Crippen molar-refractivity contribution in [1.82, 2.24) is 5.32 Å². The highest BCUT2D eigenvalue weighted by Crippen LogP contribution is 2.11. The number of hydrogen-bond donors (Lipinski definition) is 4. The summed E-state index contributed by atoms with van der Waals surface area (Å²) in [4.78, 5) is 23.5. The van der Waals surface area contributed by atoms with Crippen LogP contribution in [0.15, 0.2) is 0 Å². The summed E-state index contributed by atoms with van der Waals surface area (Å²) >= 11 is 4.18. The fraction of sp³-hybridized carbons (Fsp3) is 0.846. The molecule has 0 aliphatic heterocycles. The third-order valence-corrected chi connectivity index (χ3v) is 3.34. The van der Waals surface area contributed by atoms with E-state index in [2.05, 4.69) is 17.9 Å². The Morgan fingerprint density at radius 1 is 1.00 bits per heavy atom. The number of imide groups is 1. The molecule has 0 aromatic rings. The van der Waals surface area contributed by atoms with Crippen LogP contribution in [0, 0.1) is 11.8 Å². The molecular weight excluding hydrogens is 262 g/mol. The van der Waals surface area contributed by atoms with Crippen molar-refractivity contribution in [3.8, 4) is 0 Å². The van der Waals surface area contributed by atoms with Gasteiger partial charge in [0.05, 0.1) is 11.3 Å². The van der Waals surface area contributed by atoms with Crippen molar-refractivity contribution in [3.05, 3.63) is 0 Å². The highest BCUT2D eigenvalue weighted by Gasteiger charge is 2.25. The molecule has 5 nitrogen and oxygen atoms in total. The van der Waals surface area contributed by atoms with Gasteiger partial charge in [-0.15, -0.1) is 0 Å². The van der Waals surface area contributed by atoms with Gasteiger partial charge in [-0.25, -0.2) is 0 Å². The molecule has 0 aliphatic carbocycles. The molecule has 0 rings (SSSR count). The standard InChI is InChI=1S/C13H27N3O2S/c1-7(2)5-9(14)11(19)13(18)16-12(17)10(15)6-8(3)4/h7-11,19H,5-6,14-15H2,1-4H3,(H,16,17,18)/t9-,10-,11?/m0/s1. The van der Waals surface area contributed by atoms with Crippen molar-refractivity contribution in [3.63, 3.8) is 0 Å². The minimum absolute atomic E-state index is 0.297. The number of rotatable bonds is 7. The highest BCUT2D eigenvalue weighted by molar-refractivity contribution is 7.81. The summed E-state index contributed by atoms with van der Waals surface area (Å²) < 4.78 is 0. The van der Waals surface area contributed by atoms with Crippen LogP contribution < -0.4 is 16.8 Å². The van der Waals surface area contributed by atoms with E-state index in [1.54, 1.807) is 0 Å². The van der Waals surface area contributed by atoms with Crippen molar-refractivity contribution in [1.29, 1.82) is 0 Å². The maximum absolute atomic E-state index is 11.8. The average Bonchev–Trinajstić information content (AvgIpc) is 2.25. The van der Waals surface area contributed by atoms with Gasteiger partial charge < -0.3 is 11.5 Å². The molecule has 3 atom stereocenters. The fourth-order valence-corrected chi connectivity index (χ4v) is 1.96. The molecule has 0 saturated carbocycles. The predicted octanol–water partition coefficient (Wildman–Crippen LogP) is 0.674. The Labute approximate surface area is 121 Å². The lowest BCUT2D eigenvalue weighted by atomic mass is 10.0. The molecule has 0 heterocycles. The second kappa shape index (κ2) is 8.55. The number of thiol groups is 1. The molecule has 0 fully saturated rings. The van der Waals surface area contributed by atoms with Crippen LogP contribution in [0.4, 0.5) is 0 Å². The van der Waals surface area contributed by atoms with E-state index in [4.69, 9.17) is 11.5 Å². The van der Waals surface area contributed by atoms with Gasteiger partial charge in [-0.05, 0) is 24.7 Å². The second-order valence-corrected chi connectivity index (χ2v) is 6.38. The second-order valence-electron chi connectivity index (χ2n) is 5.83. The third kappa shape index (κ3) is 7.54. The molecule has 6 heteroatoms. The third-order valence-electron chi connectivity index (χ3n) is 2.73. The zero-order valence-corrected chi connectivity index (χ0v) is 13.1. The van der Waals surface area contributed by atoms with Gasteiger partial charge in [0, 0.05) is 6.04 Å². The largest absolute Gasteiger partial charge is 0.326 e. The van der Waals surface area contributed by atoms with Crippen LogP contribution >= 0.6 is 12.6 Å². The minimum atomic E-state index is -0.697. The van der Waals surface area contributed by atoms with E-state index in [1.165, 1.54) is 0 Å². The van der Waals surface area contributed by atoms with Crippen LogP contribution in [-0.2, 0) is 9.59 Å². The molecule has 0 aromatic heterocycles. The Hall–Kier alpha value is -0.590. The van der Waals surface area contributed by atoms with Gasteiger partial charge in [0.1, 0.15) is 0 Å². The molecule has 0 saturated heterocycles. The Balaban J connectivity index is 4.32. The smallest absolute Gasteiger partial charge is 0.243 e. The summed E-state index contributed by atoms with van der Waals surface area (Å²) in [5.74, 6) is -0.266. The maximum atomic E-state index is 11.8. The van der Waals surface area contributed by atoms with E-state index in [1.807, 2.05) is 27.7 Å². The van der Waals surface area contributed by atoms with Gasteiger partial charge >= 0.3 is 0 Å². The number of nitrogens with one attached hydrogen (secondary N) is 1. The molecule has 0 bridgehead atoms. The summed E-state index contributed by atoms with van der Waals surface area (Å²) in [5, 5.41) is 1.58.